The lowest BCUT2D eigenvalue weighted by atomic mass is 9.94. The fourth-order valence-corrected chi connectivity index (χ4v) is 2.54. The van der Waals surface area contributed by atoms with Crippen LogP contribution in [0.25, 0.3) is 6.08 Å². The Morgan fingerprint density at radius 1 is 1.39 bits per heavy atom. The molecule has 0 amide bonds. The molecule has 0 spiro atoms. The molecule has 0 aliphatic rings. The summed E-state index contributed by atoms with van der Waals surface area (Å²) >= 11 is 6.09. The van der Waals surface area contributed by atoms with E-state index in [9.17, 15) is 10.2 Å². The van der Waals surface area contributed by atoms with Crippen molar-refractivity contribution in [2.24, 2.45) is 0 Å². The Morgan fingerprint density at radius 3 is 2.65 bits per heavy atom. The van der Waals surface area contributed by atoms with Gasteiger partial charge < -0.3 is 15.3 Å². The van der Waals surface area contributed by atoms with Crippen molar-refractivity contribution >= 4 is 17.7 Å². The molecule has 1 unspecified atom stereocenters. The number of phenols is 1. The van der Waals surface area contributed by atoms with Crippen molar-refractivity contribution in [3.05, 3.63) is 58.2 Å². The molecule has 4 heteroatoms. The molecule has 1 atom stereocenters. The van der Waals surface area contributed by atoms with Gasteiger partial charge in [0.25, 0.3) is 0 Å². The van der Waals surface area contributed by atoms with E-state index in [4.69, 9.17) is 16.7 Å². The zero-order valence-electron chi connectivity index (χ0n) is 13.7. The number of halogens is 1. The molecule has 3 nitrogen and oxygen atoms in total. The van der Waals surface area contributed by atoms with E-state index in [0.29, 0.717) is 23.4 Å². The summed E-state index contributed by atoms with van der Waals surface area (Å²) in [6, 6.07) is 4.85. The molecular formula is C19H25ClO3. The highest BCUT2D eigenvalue weighted by Gasteiger charge is 2.13. The minimum atomic E-state index is -0.645. The van der Waals surface area contributed by atoms with Crippen molar-refractivity contribution in [2.75, 3.05) is 6.61 Å². The van der Waals surface area contributed by atoms with Crippen LogP contribution in [0.5, 0.6) is 5.75 Å². The van der Waals surface area contributed by atoms with Crippen LogP contribution < -0.4 is 0 Å². The number of phenolic OH excluding ortho intramolecular Hbond substituents is 1. The number of hydrogen-bond donors (Lipinski definition) is 3. The zero-order chi connectivity index (χ0) is 17.4. The van der Waals surface area contributed by atoms with Crippen molar-refractivity contribution in [2.45, 2.75) is 39.2 Å². The molecule has 23 heavy (non-hydrogen) atoms. The van der Waals surface area contributed by atoms with Gasteiger partial charge in [-0.25, -0.2) is 0 Å². The molecule has 0 aliphatic heterocycles. The van der Waals surface area contributed by atoms with Crippen molar-refractivity contribution in [3.8, 4) is 5.75 Å². The fourth-order valence-electron chi connectivity index (χ4n) is 2.31. The van der Waals surface area contributed by atoms with Gasteiger partial charge in [-0.15, -0.1) is 0 Å². The SMILES string of the molecule is C=C(CC)/C(=C/CO)C(O)CC/C(C)=C/c1ccc(O)cc1Cl. The first-order chi connectivity index (χ1) is 10.9. The van der Waals surface area contributed by atoms with Gasteiger partial charge in [0.05, 0.1) is 17.7 Å². The summed E-state index contributed by atoms with van der Waals surface area (Å²) in [5, 5.41) is 29.3. The Morgan fingerprint density at radius 2 is 2.09 bits per heavy atom. The summed E-state index contributed by atoms with van der Waals surface area (Å²) in [6.45, 7) is 7.77. The first-order valence-corrected chi connectivity index (χ1v) is 8.09. The zero-order valence-corrected chi connectivity index (χ0v) is 14.5. The number of aliphatic hydroxyl groups is 2. The van der Waals surface area contributed by atoms with E-state index in [2.05, 4.69) is 6.58 Å². The van der Waals surface area contributed by atoms with Gasteiger partial charge in [0, 0.05) is 0 Å². The third-order valence-corrected chi connectivity index (χ3v) is 4.03. The average Bonchev–Trinajstić information content (AvgIpc) is 2.52. The van der Waals surface area contributed by atoms with Crippen LogP contribution in [0.4, 0.5) is 0 Å². The molecule has 0 heterocycles. The predicted octanol–water partition coefficient (Wildman–Crippen LogP) is 4.47. The monoisotopic (exact) mass is 336 g/mol. The van der Waals surface area contributed by atoms with Crippen LogP contribution in [0, 0.1) is 0 Å². The number of rotatable bonds is 8. The lowest BCUT2D eigenvalue weighted by Crippen LogP contribution is -2.12. The maximum Gasteiger partial charge on any atom is 0.117 e. The number of hydrogen-bond acceptors (Lipinski definition) is 3. The van der Waals surface area contributed by atoms with Crippen LogP contribution in [0.15, 0.2) is 47.6 Å². The average molecular weight is 337 g/mol. The molecule has 0 aromatic heterocycles. The molecule has 0 fully saturated rings. The molecule has 1 rings (SSSR count). The van der Waals surface area contributed by atoms with Crippen molar-refractivity contribution in [1.29, 1.82) is 0 Å². The Balaban J connectivity index is 2.74. The van der Waals surface area contributed by atoms with Gasteiger partial charge in [0.1, 0.15) is 5.75 Å². The third-order valence-electron chi connectivity index (χ3n) is 3.70. The summed E-state index contributed by atoms with van der Waals surface area (Å²) in [6.07, 6.45) is 4.89. The highest BCUT2D eigenvalue weighted by molar-refractivity contribution is 6.32. The van der Waals surface area contributed by atoms with Crippen LogP contribution in [0.1, 0.15) is 38.7 Å². The van der Waals surface area contributed by atoms with Crippen LogP contribution in [0.3, 0.4) is 0 Å². The first-order valence-electron chi connectivity index (χ1n) is 7.71. The third kappa shape index (κ3) is 6.22. The van der Waals surface area contributed by atoms with Gasteiger partial charge in [0.2, 0.25) is 0 Å². The Labute approximate surface area is 143 Å². The van der Waals surface area contributed by atoms with Crippen LogP contribution >= 0.6 is 11.6 Å². The topological polar surface area (TPSA) is 60.7 Å². The summed E-state index contributed by atoms with van der Waals surface area (Å²) in [7, 11) is 0. The van der Waals surface area contributed by atoms with Crippen molar-refractivity contribution in [3.63, 3.8) is 0 Å². The van der Waals surface area contributed by atoms with Gasteiger partial charge in [0.15, 0.2) is 0 Å². The Kier molecular flexibility index (Phi) is 8.10. The van der Waals surface area contributed by atoms with Gasteiger partial charge in [-0.2, -0.15) is 0 Å². The molecule has 1 aromatic carbocycles. The lowest BCUT2D eigenvalue weighted by Gasteiger charge is -2.17. The molecule has 1 aromatic rings. The Hall–Kier alpha value is -1.55. The van der Waals surface area contributed by atoms with Crippen molar-refractivity contribution < 1.29 is 15.3 Å². The summed E-state index contributed by atoms with van der Waals surface area (Å²) in [5.41, 5.74) is 3.46. The van der Waals surface area contributed by atoms with Gasteiger partial charge >= 0.3 is 0 Å². The highest BCUT2D eigenvalue weighted by atomic mass is 35.5. The first kappa shape index (κ1) is 19.5. The number of aromatic hydroxyl groups is 1. The van der Waals surface area contributed by atoms with Crippen LogP contribution in [-0.4, -0.2) is 28.0 Å². The standard InChI is InChI=1S/C19H25ClO3/c1-4-14(3)17(9-10-21)19(23)8-5-13(2)11-15-6-7-16(22)12-18(15)20/h6-7,9,11-12,19,21-23H,3-5,8,10H2,1-2H3/b13-11+,17-9-. The quantitative estimate of drug-likeness (QED) is 0.613. The molecule has 0 saturated carbocycles. The van der Waals surface area contributed by atoms with Crippen LogP contribution in [-0.2, 0) is 0 Å². The summed E-state index contributed by atoms with van der Waals surface area (Å²) in [5.74, 6) is 0.136. The second-order valence-corrected chi connectivity index (χ2v) is 5.96. The maximum absolute atomic E-state index is 10.3. The minimum absolute atomic E-state index is 0.108. The lowest BCUT2D eigenvalue weighted by molar-refractivity contribution is 0.201. The van der Waals surface area contributed by atoms with Gasteiger partial charge in [-0.05, 0) is 61.1 Å². The second kappa shape index (κ2) is 9.56. The molecule has 0 aliphatic carbocycles. The van der Waals surface area contributed by atoms with E-state index in [1.807, 2.05) is 19.9 Å². The normalized spacial score (nSPS) is 14.0. The molecule has 0 saturated heterocycles. The maximum atomic E-state index is 10.3. The molecule has 3 N–H and O–H groups in total. The number of benzene rings is 1. The molecular weight excluding hydrogens is 312 g/mol. The van der Waals surface area contributed by atoms with Gasteiger partial charge in [-0.3, -0.25) is 0 Å². The highest BCUT2D eigenvalue weighted by Crippen LogP contribution is 2.25. The minimum Gasteiger partial charge on any atom is -0.508 e. The van der Waals surface area contributed by atoms with E-state index in [-0.39, 0.29) is 12.4 Å². The number of allylic oxidation sites excluding steroid dienone is 1. The molecule has 0 bridgehead atoms. The van der Waals surface area contributed by atoms with Gasteiger partial charge in [-0.1, -0.05) is 42.8 Å². The number of aliphatic hydroxyl groups excluding tert-OH is 2. The van der Waals surface area contributed by atoms with E-state index >= 15 is 0 Å². The Bertz CT molecular complexity index is 603. The van der Waals surface area contributed by atoms with E-state index in [1.54, 1.807) is 18.2 Å². The summed E-state index contributed by atoms with van der Waals surface area (Å²) in [4.78, 5) is 0. The largest absolute Gasteiger partial charge is 0.508 e. The van der Waals surface area contributed by atoms with E-state index in [0.717, 1.165) is 23.1 Å². The molecule has 126 valence electrons. The second-order valence-electron chi connectivity index (χ2n) is 5.55. The fraction of sp³-hybridized carbons (Fsp3) is 0.368. The predicted molar refractivity (Wildman–Crippen MR) is 96.6 cm³/mol. The summed E-state index contributed by atoms with van der Waals surface area (Å²) < 4.78 is 0. The molecule has 0 radical (unpaired) electrons. The van der Waals surface area contributed by atoms with E-state index < -0.39 is 6.10 Å². The van der Waals surface area contributed by atoms with E-state index in [1.165, 1.54) is 6.07 Å². The smallest absolute Gasteiger partial charge is 0.117 e. The van der Waals surface area contributed by atoms with Crippen molar-refractivity contribution in [1.82, 2.24) is 0 Å². The van der Waals surface area contributed by atoms with Crippen LogP contribution in [0.2, 0.25) is 5.02 Å².